The fraction of sp³-hybridized carbons (Fsp3) is 0.424. The van der Waals surface area contributed by atoms with Crippen LogP contribution in [0.5, 0.6) is 0 Å². The molecule has 1 unspecified atom stereocenters. The Morgan fingerprint density at radius 1 is 0.763 bits per heavy atom. The largest absolute Gasteiger partial charge is 0.398 e. The highest BCUT2D eigenvalue weighted by molar-refractivity contribution is 6.04. The summed E-state index contributed by atoms with van der Waals surface area (Å²) in [5, 5.41) is 9.89. The van der Waals surface area contributed by atoms with Crippen LogP contribution in [0.3, 0.4) is 0 Å². The van der Waals surface area contributed by atoms with E-state index in [-0.39, 0.29) is 5.78 Å². The van der Waals surface area contributed by atoms with Gasteiger partial charge < -0.3 is 11.5 Å². The summed E-state index contributed by atoms with van der Waals surface area (Å²) in [7, 11) is 0. The van der Waals surface area contributed by atoms with Gasteiger partial charge in [0, 0.05) is 17.8 Å². The number of benzene rings is 3. The van der Waals surface area contributed by atoms with E-state index < -0.39 is 6.04 Å². The third-order valence-corrected chi connectivity index (χ3v) is 8.29. The molecule has 5 rings (SSSR count). The molecule has 2 saturated carbocycles. The van der Waals surface area contributed by atoms with Gasteiger partial charge in [0.15, 0.2) is 5.78 Å². The second-order valence-electron chi connectivity index (χ2n) is 11.1. The van der Waals surface area contributed by atoms with E-state index in [4.69, 9.17) is 11.5 Å². The first-order chi connectivity index (χ1) is 18.6. The SMILES string of the molecule is Nc1ccccc1[C]([C](NC1CCCCC1)NC1CCCCC1)C(=O)C(N)Cc1cccc2ccccc12. The first-order valence-electron chi connectivity index (χ1n) is 14.5. The van der Waals surface area contributed by atoms with E-state index in [1.165, 1.54) is 38.5 Å². The van der Waals surface area contributed by atoms with Crippen molar-refractivity contribution in [1.82, 2.24) is 10.6 Å². The number of rotatable bonds is 10. The molecule has 5 heteroatoms. The van der Waals surface area contributed by atoms with Crippen LogP contribution in [-0.4, -0.2) is 23.9 Å². The number of nitrogens with one attached hydrogen (secondary N) is 2. The Morgan fingerprint density at radius 3 is 2.00 bits per heavy atom. The van der Waals surface area contributed by atoms with Crippen molar-refractivity contribution in [2.75, 3.05) is 5.73 Å². The molecule has 0 heterocycles. The molecule has 1 atom stereocenters. The molecule has 0 amide bonds. The fourth-order valence-electron chi connectivity index (χ4n) is 6.19. The zero-order chi connectivity index (χ0) is 26.3. The van der Waals surface area contributed by atoms with Crippen molar-refractivity contribution in [3.63, 3.8) is 0 Å². The Morgan fingerprint density at radius 2 is 1.34 bits per heavy atom. The van der Waals surface area contributed by atoms with Gasteiger partial charge in [-0.2, -0.15) is 0 Å². The Bertz CT molecular complexity index is 1170. The van der Waals surface area contributed by atoms with Gasteiger partial charge in [-0.3, -0.25) is 15.4 Å². The van der Waals surface area contributed by atoms with E-state index in [0.717, 1.165) is 53.7 Å². The molecule has 38 heavy (non-hydrogen) atoms. The monoisotopic (exact) mass is 510 g/mol. The smallest absolute Gasteiger partial charge is 0.165 e. The summed E-state index contributed by atoms with van der Waals surface area (Å²) in [6.07, 6.45) is 13.2. The number of fused-ring (bicyclic) bond motifs is 1. The number of ketones is 1. The van der Waals surface area contributed by atoms with E-state index >= 15 is 0 Å². The molecule has 0 spiro atoms. The van der Waals surface area contributed by atoms with E-state index in [1.54, 1.807) is 0 Å². The Labute approximate surface area is 227 Å². The number of Topliss-reactive ketones (excluding diaryl/α,β-unsaturated/α-hetero) is 1. The van der Waals surface area contributed by atoms with E-state index in [0.29, 0.717) is 30.1 Å². The molecule has 2 radical (unpaired) electrons. The number of anilines is 1. The summed E-state index contributed by atoms with van der Waals surface area (Å²) in [6, 6.07) is 22.2. The van der Waals surface area contributed by atoms with Crippen molar-refractivity contribution < 1.29 is 4.79 Å². The highest BCUT2D eigenvalue weighted by Crippen LogP contribution is 2.33. The summed E-state index contributed by atoms with van der Waals surface area (Å²) in [6.45, 7) is 0. The molecule has 0 aromatic heterocycles. The topological polar surface area (TPSA) is 93.2 Å². The predicted octanol–water partition coefficient (Wildman–Crippen LogP) is 5.82. The maximum atomic E-state index is 14.3. The summed E-state index contributed by atoms with van der Waals surface area (Å²) in [4.78, 5) is 14.3. The quantitative estimate of drug-likeness (QED) is 0.258. The molecule has 5 nitrogen and oxygen atoms in total. The van der Waals surface area contributed by atoms with E-state index in [9.17, 15) is 4.79 Å². The van der Waals surface area contributed by atoms with Gasteiger partial charge in [0.05, 0.1) is 6.04 Å². The normalized spacial score (nSPS) is 18.3. The highest BCUT2D eigenvalue weighted by atomic mass is 16.1. The number of carbonyl (C=O) groups is 1. The predicted molar refractivity (Wildman–Crippen MR) is 157 cm³/mol. The summed E-state index contributed by atoms with van der Waals surface area (Å²) < 4.78 is 0. The second-order valence-corrected chi connectivity index (χ2v) is 11.1. The lowest BCUT2D eigenvalue weighted by atomic mass is 9.83. The molecule has 2 aliphatic rings. The minimum Gasteiger partial charge on any atom is -0.398 e. The van der Waals surface area contributed by atoms with Crippen molar-refractivity contribution in [3.05, 3.63) is 89.9 Å². The van der Waals surface area contributed by atoms with Gasteiger partial charge in [-0.1, -0.05) is 99.2 Å². The lowest BCUT2D eigenvalue weighted by Gasteiger charge is -2.37. The molecule has 0 aliphatic heterocycles. The standard InChI is InChI=1S/C33H42N4O/c34-29-21-10-9-20-28(29)31(32(38)30(35)22-24-14-11-13-23-12-7-8-19-27(23)24)33(36-25-15-3-1-4-16-25)37-26-17-5-2-6-18-26/h7-14,19-21,25-26,30,36-37H,1-6,15-18,22,34-35H2. The maximum Gasteiger partial charge on any atom is 0.165 e. The molecule has 6 N–H and O–H groups in total. The maximum absolute atomic E-state index is 14.3. The number of para-hydroxylation sites is 1. The zero-order valence-electron chi connectivity index (χ0n) is 22.4. The Hall–Kier alpha value is -2.73. The van der Waals surface area contributed by atoms with Crippen LogP contribution in [0, 0.1) is 12.1 Å². The van der Waals surface area contributed by atoms with Crippen molar-refractivity contribution in [2.24, 2.45) is 5.73 Å². The number of nitrogen functional groups attached to an aromatic ring is 1. The van der Waals surface area contributed by atoms with Crippen LogP contribution in [-0.2, 0) is 11.2 Å². The number of nitrogens with two attached hydrogens (primary N) is 2. The number of hydrogen-bond acceptors (Lipinski definition) is 5. The molecule has 3 aromatic rings. The van der Waals surface area contributed by atoms with Crippen molar-refractivity contribution in [3.8, 4) is 0 Å². The van der Waals surface area contributed by atoms with Gasteiger partial charge in [-0.05, 0) is 60.1 Å². The van der Waals surface area contributed by atoms with Crippen molar-refractivity contribution >= 4 is 22.2 Å². The molecule has 2 aliphatic carbocycles. The van der Waals surface area contributed by atoms with E-state index in [2.05, 4.69) is 34.9 Å². The molecule has 200 valence electrons. The van der Waals surface area contributed by atoms with Crippen molar-refractivity contribution in [1.29, 1.82) is 0 Å². The van der Waals surface area contributed by atoms with E-state index in [1.807, 2.05) is 42.5 Å². The van der Waals surface area contributed by atoms with Gasteiger partial charge in [-0.25, -0.2) is 0 Å². The van der Waals surface area contributed by atoms with Crippen LogP contribution in [0.2, 0.25) is 0 Å². The second kappa shape index (κ2) is 12.9. The summed E-state index contributed by atoms with van der Waals surface area (Å²) in [5.41, 5.74) is 15.7. The number of carbonyl (C=O) groups excluding carboxylic acids is 1. The lowest BCUT2D eigenvalue weighted by Crippen LogP contribution is -2.53. The third kappa shape index (κ3) is 6.45. The Balaban J connectivity index is 1.46. The highest BCUT2D eigenvalue weighted by Gasteiger charge is 2.38. The van der Waals surface area contributed by atoms with Crippen LogP contribution in [0.25, 0.3) is 10.8 Å². The van der Waals surface area contributed by atoms with Crippen LogP contribution < -0.4 is 22.1 Å². The molecule has 3 aromatic carbocycles. The molecular formula is C33H42N4O. The first-order valence-corrected chi connectivity index (χ1v) is 14.5. The van der Waals surface area contributed by atoms with Gasteiger partial charge in [0.1, 0.15) is 12.1 Å². The van der Waals surface area contributed by atoms with Crippen LogP contribution >= 0.6 is 0 Å². The first kappa shape index (κ1) is 26.9. The minimum atomic E-state index is -0.688. The molecule has 0 bridgehead atoms. The van der Waals surface area contributed by atoms with Crippen LogP contribution in [0.4, 0.5) is 5.69 Å². The Kier molecular flexibility index (Phi) is 9.10. The average Bonchev–Trinajstić information content (AvgIpc) is 2.95. The van der Waals surface area contributed by atoms with Gasteiger partial charge in [-0.15, -0.1) is 0 Å². The number of hydrogen-bond donors (Lipinski definition) is 4. The van der Waals surface area contributed by atoms with Gasteiger partial charge in [0.2, 0.25) is 0 Å². The summed E-state index contributed by atoms with van der Waals surface area (Å²) >= 11 is 0. The van der Waals surface area contributed by atoms with Gasteiger partial charge in [0.25, 0.3) is 0 Å². The lowest BCUT2D eigenvalue weighted by molar-refractivity contribution is -0.118. The zero-order valence-corrected chi connectivity index (χ0v) is 22.4. The molecule has 0 saturated heterocycles. The summed E-state index contributed by atoms with van der Waals surface area (Å²) in [5.74, 6) is 0.532. The molecular weight excluding hydrogens is 468 g/mol. The van der Waals surface area contributed by atoms with Crippen molar-refractivity contribution in [2.45, 2.75) is 88.8 Å². The average molecular weight is 511 g/mol. The minimum absolute atomic E-state index is 0.0718. The molecule has 2 fully saturated rings. The van der Waals surface area contributed by atoms with Gasteiger partial charge >= 0.3 is 0 Å². The third-order valence-electron chi connectivity index (χ3n) is 8.29. The van der Waals surface area contributed by atoms with Crippen LogP contribution in [0.15, 0.2) is 66.7 Å². The fourth-order valence-corrected chi connectivity index (χ4v) is 6.19. The van der Waals surface area contributed by atoms with Crippen LogP contribution in [0.1, 0.15) is 75.3 Å².